The summed E-state index contributed by atoms with van der Waals surface area (Å²) in [7, 11) is 0. The van der Waals surface area contributed by atoms with E-state index in [0.29, 0.717) is 37.9 Å². The molecule has 0 bridgehead atoms. The van der Waals surface area contributed by atoms with E-state index in [2.05, 4.69) is 20.4 Å². The molecule has 0 radical (unpaired) electrons. The molecule has 2 aromatic rings. The highest BCUT2D eigenvalue weighted by Gasteiger charge is 2.28. The van der Waals surface area contributed by atoms with Gasteiger partial charge in [-0.1, -0.05) is 5.16 Å². The van der Waals surface area contributed by atoms with Gasteiger partial charge in [-0.2, -0.15) is 4.98 Å². The van der Waals surface area contributed by atoms with Gasteiger partial charge >= 0.3 is 6.03 Å². The summed E-state index contributed by atoms with van der Waals surface area (Å²) in [6, 6.07) is 3.74. The van der Waals surface area contributed by atoms with Crippen LogP contribution in [0.5, 0.6) is 0 Å². The van der Waals surface area contributed by atoms with E-state index < -0.39 is 0 Å². The monoisotopic (exact) mass is 371 g/mol. The van der Waals surface area contributed by atoms with Crippen molar-refractivity contribution in [2.75, 3.05) is 19.7 Å². The molecule has 4 rings (SSSR count). The second-order valence-electron chi connectivity index (χ2n) is 7.17. The van der Waals surface area contributed by atoms with Crippen LogP contribution in [-0.2, 0) is 17.7 Å². The Labute approximate surface area is 158 Å². The van der Waals surface area contributed by atoms with Crippen molar-refractivity contribution in [3.63, 3.8) is 0 Å². The van der Waals surface area contributed by atoms with E-state index in [9.17, 15) is 4.79 Å². The van der Waals surface area contributed by atoms with Crippen LogP contribution in [0, 0.1) is 0 Å². The first kappa shape index (κ1) is 17.9. The summed E-state index contributed by atoms with van der Waals surface area (Å²) in [6.07, 6.45) is 8.45. The molecule has 2 aromatic heterocycles. The average Bonchev–Trinajstić information content (AvgIpc) is 3.20. The number of nitrogens with one attached hydrogen (secondary N) is 1. The molecule has 0 unspecified atom stereocenters. The fourth-order valence-electron chi connectivity index (χ4n) is 3.23. The highest BCUT2D eigenvalue weighted by Crippen LogP contribution is 2.38. The molecule has 1 saturated heterocycles. The SMILES string of the molecule is O=C(NCCc1nc(C2CC2)no1)N(Cc1ccncc1)C[C@H]1CCCO1. The van der Waals surface area contributed by atoms with Gasteiger partial charge in [-0.25, -0.2) is 4.79 Å². The average molecular weight is 371 g/mol. The van der Waals surface area contributed by atoms with Crippen LogP contribution in [0.15, 0.2) is 29.0 Å². The number of carbonyl (C=O) groups excluding carboxylic acids is 1. The van der Waals surface area contributed by atoms with Gasteiger partial charge in [-0.15, -0.1) is 0 Å². The maximum atomic E-state index is 12.7. The van der Waals surface area contributed by atoms with E-state index in [4.69, 9.17) is 9.26 Å². The van der Waals surface area contributed by atoms with Gasteiger partial charge in [0.15, 0.2) is 5.82 Å². The molecule has 144 valence electrons. The summed E-state index contributed by atoms with van der Waals surface area (Å²) in [5, 5.41) is 6.97. The Morgan fingerprint density at radius 3 is 2.85 bits per heavy atom. The topological polar surface area (TPSA) is 93.4 Å². The first-order valence-corrected chi connectivity index (χ1v) is 9.63. The molecular formula is C19H25N5O3. The first-order valence-electron chi connectivity index (χ1n) is 9.63. The predicted molar refractivity (Wildman–Crippen MR) is 97.0 cm³/mol. The normalized spacial score (nSPS) is 19.2. The number of amides is 2. The van der Waals surface area contributed by atoms with Crippen molar-refractivity contribution in [2.45, 2.75) is 50.7 Å². The lowest BCUT2D eigenvalue weighted by molar-refractivity contribution is 0.0795. The number of rotatable bonds is 8. The Morgan fingerprint density at radius 1 is 1.26 bits per heavy atom. The molecular weight excluding hydrogens is 346 g/mol. The lowest BCUT2D eigenvalue weighted by atomic mass is 10.2. The summed E-state index contributed by atoms with van der Waals surface area (Å²) < 4.78 is 11.0. The number of urea groups is 1. The van der Waals surface area contributed by atoms with Crippen LogP contribution >= 0.6 is 0 Å². The molecule has 2 aliphatic rings. The van der Waals surface area contributed by atoms with Gasteiger partial charge in [-0.05, 0) is 43.4 Å². The van der Waals surface area contributed by atoms with Crippen molar-refractivity contribution in [3.8, 4) is 0 Å². The third kappa shape index (κ3) is 5.03. The molecule has 8 heteroatoms. The van der Waals surface area contributed by atoms with Crippen LogP contribution in [0.25, 0.3) is 0 Å². The van der Waals surface area contributed by atoms with Gasteiger partial charge in [0.05, 0.1) is 6.10 Å². The van der Waals surface area contributed by atoms with Crippen molar-refractivity contribution < 1.29 is 14.1 Å². The molecule has 2 amide bonds. The smallest absolute Gasteiger partial charge is 0.317 e. The van der Waals surface area contributed by atoms with Crippen molar-refractivity contribution in [3.05, 3.63) is 41.8 Å². The Balaban J connectivity index is 1.30. The zero-order chi connectivity index (χ0) is 18.5. The fourth-order valence-corrected chi connectivity index (χ4v) is 3.23. The minimum absolute atomic E-state index is 0.106. The van der Waals surface area contributed by atoms with Gasteiger partial charge in [0, 0.05) is 51.0 Å². The molecule has 1 N–H and O–H groups in total. The van der Waals surface area contributed by atoms with Crippen LogP contribution < -0.4 is 5.32 Å². The number of aromatic nitrogens is 3. The van der Waals surface area contributed by atoms with Gasteiger partial charge in [0.25, 0.3) is 0 Å². The molecule has 1 saturated carbocycles. The summed E-state index contributed by atoms with van der Waals surface area (Å²) in [4.78, 5) is 23.0. The standard InChI is InChI=1S/C19H25N5O3/c25-19(21-10-7-17-22-18(23-27-17)15-3-4-15)24(13-16-2-1-11-26-16)12-14-5-8-20-9-6-14/h5-6,8-9,15-16H,1-4,7,10-13H2,(H,21,25)/t16-/m1/s1. The molecule has 3 heterocycles. The Bertz CT molecular complexity index is 741. The molecule has 0 aromatic carbocycles. The van der Waals surface area contributed by atoms with Crippen LogP contribution in [0.2, 0.25) is 0 Å². The second kappa shape index (κ2) is 8.47. The summed E-state index contributed by atoms with van der Waals surface area (Å²) in [6.45, 7) is 2.35. The fraction of sp³-hybridized carbons (Fsp3) is 0.579. The van der Waals surface area contributed by atoms with Crippen LogP contribution in [0.4, 0.5) is 4.79 Å². The van der Waals surface area contributed by atoms with Crippen LogP contribution in [0.3, 0.4) is 0 Å². The predicted octanol–water partition coefficient (Wildman–Crippen LogP) is 2.28. The largest absolute Gasteiger partial charge is 0.376 e. The highest BCUT2D eigenvalue weighted by atomic mass is 16.5. The number of hydrogen-bond acceptors (Lipinski definition) is 6. The molecule has 27 heavy (non-hydrogen) atoms. The summed E-state index contributed by atoms with van der Waals surface area (Å²) in [5.74, 6) is 1.85. The Hall–Kier alpha value is -2.48. The van der Waals surface area contributed by atoms with E-state index >= 15 is 0 Å². The molecule has 2 fully saturated rings. The van der Waals surface area contributed by atoms with Gasteiger partial charge in [0.1, 0.15) is 0 Å². The lowest BCUT2D eigenvalue weighted by Crippen LogP contribution is -2.43. The van der Waals surface area contributed by atoms with Crippen molar-refractivity contribution in [1.82, 2.24) is 25.3 Å². The van der Waals surface area contributed by atoms with E-state index in [-0.39, 0.29) is 12.1 Å². The third-order valence-corrected chi connectivity index (χ3v) is 4.90. The zero-order valence-electron chi connectivity index (χ0n) is 15.3. The quantitative estimate of drug-likeness (QED) is 0.765. The summed E-state index contributed by atoms with van der Waals surface area (Å²) >= 11 is 0. The lowest BCUT2D eigenvalue weighted by Gasteiger charge is -2.25. The van der Waals surface area contributed by atoms with E-state index in [0.717, 1.165) is 43.7 Å². The van der Waals surface area contributed by atoms with Crippen molar-refractivity contribution in [2.24, 2.45) is 0 Å². The number of hydrogen-bond donors (Lipinski definition) is 1. The first-order chi connectivity index (χ1) is 13.3. The second-order valence-corrected chi connectivity index (χ2v) is 7.17. The number of pyridine rings is 1. The number of nitrogens with zero attached hydrogens (tertiary/aromatic N) is 4. The number of ether oxygens (including phenoxy) is 1. The molecule has 1 aliphatic heterocycles. The van der Waals surface area contributed by atoms with Gasteiger partial charge < -0.3 is 19.5 Å². The van der Waals surface area contributed by atoms with Crippen molar-refractivity contribution >= 4 is 6.03 Å². The van der Waals surface area contributed by atoms with Gasteiger partial charge in [-0.3, -0.25) is 4.98 Å². The Kier molecular flexibility index (Phi) is 5.62. The maximum Gasteiger partial charge on any atom is 0.317 e. The van der Waals surface area contributed by atoms with E-state index in [1.165, 1.54) is 0 Å². The Morgan fingerprint density at radius 2 is 2.11 bits per heavy atom. The molecule has 1 atom stereocenters. The third-order valence-electron chi connectivity index (χ3n) is 4.90. The van der Waals surface area contributed by atoms with Crippen molar-refractivity contribution in [1.29, 1.82) is 0 Å². The number of carbonyl (C=O) groups is 1. The molecule has 8 nitrogen and oxygen atoms in total. The highest BCUT2D eigenvalue weighted by molar-refractivity contribution is 5.74. The molecule has 0 spiro atoms. The zero-order valence-corrected chi connectivity index (χ0v) is 15.3. The van der Waals surface area contributed by atoms with Crippen LogP contribution in [-0.4, -0.2) is 51.9 Å². The minimum Gasteiger partial charge on any atom is -0.376 e. The van der Waals surface area contributed by atoms with Gasteiger partial charge in [0.2, 0.25) is 5.89 Å². The maximum absolute atomic E-state index is 12.7. The van der Waals surface area contributed by atoms with E-state index in [1.54, 1.807) is 17.3 Å². The van der Waals surface area contributed by atoms with E-state index in [1.807, 2.05) is 12.1 Å². The molecule has 1 aliphatic carbocycles. The summed E-state index contributed by atoms with van der Waals surface area (Å²) in [5.41, 5.74) is 1.05. The van der Waals surface area contributed by atoms with Crippen LogP contribution in [0.1, 0.15) is 48.9 Å². The minimum atomic E-state index is -0.107.